The van der Waals surface area contributed by atoms with E-state index < -0.39 is 0 Å². The monoisotopic (exact) mass is 210 g/mol. The van der Waals surface area contributed by atoms with Crippen LogP contribution in [0.5, 0.6) is 0 Å². The predicted molar refractivity (Wildman–Crippen MR) is 60.2 cm³/mol. The van der Waals surface area contributed by atoms with E-state index in [9.17, 15) is 0 Å². The Morgan fingerprint density at radius 3 is 3.07 bits per heavy atom. The number of hydrogen-bond donors (Lipinski definition) is 1. The van der Waals surface area contributed by atoms with E-state index in [1.807, 2.05) is 19.3 Å². The second-order valence-electron chi connectivity index (χ2n) is 3.57. The lowest BCUT2D eigenvalue weighted by Gasteiger charge is -2.18. The number of hydrogen-bond acceptors (Lipinski definition) is 4. The van der Waals surface area contributed by atoms with Gasteiger partial charge in [0.2, 0.25) is 0 Å². The Labute approximate surface area is 90.5 Å². The number of rotatable bonds is 5. The average Bonchev–Trinajstić information content (AvgIpc) is 2.24. The minimum absolute atomic E-state index is 0.686. The second kappa shape index (κ2) is 6.24. The Hall–Kier alpha value is -1.29. The first-order chi connectivity index (χ1) is 7.27. The molecule has 1 heterocycles. The lowest BCUT2D eigenvalue weighted by molar-refractivity contribution is 0.196. The van der Waals surface area contributed by atoms with Gasteiger partial charge in [-0.05, 0) is 12.8 Å². The van der Waals surface area contributed by atoms with Crippen LogP contribution < -0.4 is 0 Å². The maximum absolute atomic E-state index is 8.92. The molecule has 0 aromatic rings. The van der Waals surface area contributed by atoms with Crippen LogP contribution in [0.25, 0.3) is 0 Å². The fourth-order valence-corrected chi connectivity index (χ4v) is 1.49. The average molecular weight is 210 g/mol. The van der Waals surface area contributed by atoms with E-state index in [2.05, 4.69) is 16.1 Å². The molecule has 0 fully saturated rings. The fourth-order valence-electron chi connectivity index (χ4n) is 1.49. The molecule has 0 unspecified atom stereocenters. The van der Waals surface area contributed by atoms with Crippen molar-refractivity contribution >= 4 is 5.71 Å². The molecular formula is C11H18N2O2. The van der Waals surface area contributed by atoms with Crippen LogP contribution in [0.2, 0.25) is 0 Å². The van der Waals surface area contributed by atoms with Gasteiger partial charge in [-0.25, -0.2) is 0 Å². The van der Waals surface area contributed by atoms with Crippen molar-refractivity contribution < 1.29 is 9.94 Å². The van der Waals surface area contributed by atoms with Gasteiger partial charge in [0, 0.05) is 39.1 Å². The Morgan fingerprint density at radius 1 is 1.67 bits per heavy atom. The Kier molecular flexibility index (Phi) is 4.90. The van der Waals surface area contributed by atoms with Gasteiger partial charge in [-0.1, -0.05) is 17.3 Å². The highest BCUT2D eigenvalue weighted by Gasteiger charge is 2.08. The fraction of sp³-hybridized carbons (Fsp3) is 0.545. The quantitative estimate of drug-likeness (QED) is 0.324. The van der Waals surface area contributed by atoms with Gasteiger partial charge in [0.1, 0.15) is 0 Å². The minimum atomic E-state index is 0.686. The van der Waals surface area contributed by atoms with Crippen LogP contribution in [-0.4, -0.2) is 43.1 Å². The molecule has 0 amide bonds. The van der Waals surface area contributed by atoms with Gasteiger partial charge in [0.05, 0.1) is 5.71 Å². The summed E-state index contributed by atoms with van der Waals surface area (Å²) < 4.78 is 4.96. The molecule has 0 aliphatic carbocycles. The molecule has 0 aromatic carbocycles. The largest absolute Gasteiger partial charge is 0.411 e. The molecule has 0 atom stereocenters. The maximum atomic E-state index is 8.92. The standard InChI is InChI=1S/C11H18N2O2/c1-13-7-3-5-10(9-13)11(12-14)6-4-8-15-2/h3,5,9,14H,4,6-8H2,1-2H3. The van der Waals surface area contributed by atoms with Crippen LogP contribution in [-0.2, 0) is 4.74 Å². The third-order valence-corrected chi connectivity index (χ3v) is 2.27. The molecule has 1 rings (SSSR count). The van der Waals surface area contributed by atoms with E-state index in [-0.39, 0.29) is 0 Å². The summed E-state index contributed by atoms with van der Waals surface area (Å²) in [5.74, 6) is 0. The summed E-state index contributed by atoms with van der Waals surface area (Å²) in [6.07, 6.45) is 7.62. The topological polar surface area (TPSA) is 45.1 Å². The summed E-state index contributed by atoms with van der Waals surface area (Å²) in [5, 5.41) is 12.3. The zero-order chi connectivity index (χ0) is 11.1. The van der Waals surface area contributed by atoms with Crippen molar-refractivity contribution in [2.75, 3.05) is 27.3 Å². The molecule has 4 heteroatoms. The SMILES string of the molecule is COCCCC(=NO)C1=CN(C)CC=C1. The lowest BCUT2D eigenvalue weighted by Crippen LogP contribution is -2.17. The summed E-state index contributed by atoms with van der Waals surface area (Å²) >= 11 is 0. The van der Waals surface area contributed by atoms with Gasteiger partial charge in [0.15, 0.2) is 0 Å². The number of ether oxygens (including phenoxy) is 1. The van der Waals surface area contributed by atoms with Crippen molar-refractivity contribution in [3.05, 3.63) is 23.9 Å². The van der Waals surface area contributed by atoms with Crippen LogP contribution in [0.4, 0.5) is 0 Å². The summed E-state index contributed by atoms with van der Waals surface area (Å²) in [6, 6.07) is 0. The first-order valence-electron chi connectivity index (χ1n) is 5.06. The number of nitrogens with zero attached hydrogens (tertiary/aromatic N) is 2. The molecular weight excluding hydrogens is 192 g/mol. The zero-order valence-corrected chi connectivity index (χ0v) is 9.31. The van der Waals surface area contributed by atoms with E-state index in [1.165, 1.54) is 0 Å². The normalized spacial score (nSPS) is 16.8. The molecule has 0 spiro atoms. The van der Waals surface area contributed by atoms with E-state index >= 15 is 0 Å². The smallest absolute Gasteiger partial charge is 0.0883 e. The highest BCUT2D eigenvalue weighted by molar-refractivity contribution is 6.02. The van der Waals surface area contributed by atoms with Crippen LogP contribution in [0.3, 0.4) is 0 Å². The van der Waals surface area contributed by atoms with Crippen molar-refractivity contribution in [2.24, 2.45) is 5.16 Å². The molecule has 0 radical (unpaired) electrons. The molecule has 1 aliphatic rings. The molecule has 0 saturated heterocycles. The number of methoxy groups -OCH3 is 1. The lowest BCUT2D eigenvalue weighted by atomic mass is 10.0. The molecule has 0 bridgehead atoms. The van der Waals surface area contributed by atoms with Crippen LogP contribution in [0.1, 0.15) is 12.8 Å². The predicted octanol–water partition coefficient (Wildman–Crippen LogP) is 1.63. The molecule has 0 aromatic heterocycles. The molecule has 1 N–H and O–H groups in total. The third-order valence-electron chi connectivity index (χ3n) is 2.27. The van der Waals surface area contributed by atoms with E-state index in [0.29, 0.717) is 6.61 Å². The number of oxime groups is 1. The summed E-state index contributed by atoms with van der Waals surface area (Å²) in [5.41, 5.74) is 1.69. The first kappa shape index (κ1) is 11.8. The van der Waals surface area contributed by atoms with Crippen LogP contribution in [0, 0.1) is 0 Å². The van der Waals surface area contributed by atoms with Crippen LogP contribution in [0.15, 0.2) is 29.1 Å². The Bertz CT molecular complexity index is 282. The summed E-state index contributed by atoms with van der Waals surface area (Å²) in [6.45, 7) is 1.59. The number of allylic oxidation sites excluding steroid dienone is 2. The zero-order valence-electron chi connectivity index (χ0n) is 9.31. The summed E-state index contributed by atoms with van der Waals surface area (Å²) in [7, 11) is 3.66. The maximum Gasteiger partial charge on any atom is 0.0883 e. The van der Waals surface area contributed by atoms with E-state index in [4.69, 9.17) is 9.94 Å². The highest BCUT2D eigenvalue weighted by atomic mass is 16.5. The van der Waals surface area contributed by atoms with Gasteiger partial charge in [-0.15, -0.1) is 0 Å². The van der Waals surface area contributed by atoms with Crippen molar-refractivity contribution in [1.82, 2.24) is 4.90 Å². The van der Waals surface area contributed by atoms with Crippen LogP contribution >= 0.6 is 0 Å². The van der Waals surface area contributed by atoms with Gasteiger partial charge >= 0.3 is 0 Å². The second-order valence-corrected chi connectivity index (χ2v) is 3.57. The van der Waals surface area contributed by atoms with Gasteiger partial charge < -0.3 is 14.8 Å². The molecule has 1 aliphatic heterocycles. The van der Waals surface area contributed by atoms with E-state index in [0.717, 1.165) is 30.7 Å². The molecule has 84 valence electrons. The van der Waals surface area contributed by atoms with Gasteiger partial charge in [-0.2, -0.15) is 0 Å². The van der Waals surface area contributed by atoms with Gasteiger partial charge in [0.25, 0.3) is 0 Å². The minimum Gasteiger partial charge on any atom is -0.411 e. The van der Waals surface area contributed by atoms with Gasteiger partial charge in [-0.3, -0.25) is 0 Å². The first-order valence-corrected chi connectivity index (χ1v) is 5.06. The van der Waals surface area contributed by atoms with E-state index in [1.54, 1.807) is 7.11 Å². The Balaban J connectivity index is 2.55. The molecule has 4 nitrogen and oxygen atoms in total. The highest BCUT2D eigenvalue weighted by Crippen LogP contribution is 2.11. The van der Waals surface area contributed by atoms with Crippen molar-refractivity contribution in [1.29, 1.82) is 0 Å². The van der Waals surface area contributed by atoms with Crippen molar-refractivity contribution in [3.63, 3.8) is 0 Å². The Morgan fingerprint density at radius 2 is 2.47 bits per heavy atom. The molecule has 0 saturated carbocycles. The molecule has 15 heavy (non-hydrogen) atoms. The van der Waals surface area contributed by atoms with Crippen molar-refractivity contribution in [2.45, 2.75) is 12.8 Å². The summed E-state index contributed by atoms with van der Waals surface area (Å²) in [4.78, 5) is 2.05. The van der Waals surface area contributed by atoms with Crippen molar-refractivity contribution in [3.8, 4) is 0 Å². The third kappa shape index (κ3) is 3.75. The number of likely N-dealkylation sites (N-methyl/N-ethyl adjacent to an activating group) is 1.